The number of carboxylic acid groups (broad SMARTS) is 1. The fourth-order valence-electron chi connectivity index (χ4n) is 2.56. The van der Waals surface area contributed by atoms with Gasteiger partial charge in [-0.3, -0.25) is 14.2 Å². The van der Waals surface area contributed by atoms with Crippen LogP contribution in [0.15, 0.2) is 42.6 Å². The van der Waals surface area contributed by atoms with Crippen LogP contribution >= 0.6 is 11.6 Å². The van der Waals surface area contributed by atoms with Crippen LogP contribution in [0.1, 0.15) is 28.2 Å². The SMILES string of the molecule is Cc1cc(NC(=O)CCn2ccc(C(=O)O)n2)nn1Cc1cccc(Cl)c1. The molecule has 0 fully saturated rings. The van der Waals surface area contributed by atoms with Gasteiger partial charge in [0.15, 0.2) is 11.5 Å². The minimum absolute atomic E-state index is 0.0502. The van der Waals surface area contributed by atoms with Gasteiger partial charge in [0, 0.05) is 35.9 Å². The lowest BCUT2D eigenvalue weighted by Crippen LogP contribution is -2.15. The Labute approximate surface area is 160 Å². The first-order valence-corrected chi connectivity index (χ1v) is 8.64. The molecule has 8 nitrogen and oxygen atoms in total. The second-order valence-corrected chi connectivity index (χ2v) is 6.46. The van der Waals surface area contributed by atoms with Crippen molar-refractivity contribution in [1.82, 2.24) is 19.6 Å². The van der Waals surface area contributed by atoms with Gasteiger partial charge in [0.05, 0.1) is 6.54 Å². The van der Waals surface area contributed by atoms with E-state index in [-0.39, 0.29) is 24.6 Å². The van der Waals surface area contributed by atoms with Gasteiger partial charge in [0.1, 0.15) is 0 Å². The van der Waals surface area contributed by atoms with E-state index in [9.17, 15) is 9.59 Å². The fourth-order valence-corrected chi connectivity index (χ4v) is 2.77. The molecule has 0 unspecified atom stereocenters. The molecule has 2 N–H and O–H groups in total. The number of hydrogen-bond acceptors (Lipinski definition) is 4. The molecule has 140 valence electrons. The zero-order valence-electron chi connectivity index (χ0n) is 14.6. The minimum Gasteiger partial charge on any atom is -0.476 e. The van der Waals surface area contributed by atoms with Crippen molar-refractivity contribution in [3.05, 3.63) is 64.6 Å². The van der Waals surface area contributed by atoms with E-state index < -0.39 is 5.97 Å². The number of aryl methyl sites for hydroxylation is 2. The number of benzene rings is 1. The summed E-state index contributed by atoms with van der Waals surface area (Å²) in [5, 5.41) is 20.5. The quantitative estimate of drug-likeness (QED) is 0.649. The number of nitrogens with zero attached hydrogens (tertiary/aromatic N) is 4. The lowest BCUT2D eigenvalue weighted by molar-refractivity contribution is -0.116. The number of nitrogens with one attached hydrogen (secondary N) is 1. The first-order valence-electron chi connectivity index (χ1n) is 8.26. The number of carbonyl (C=O) groups excluding carboxylic acids is 1. The van der Waals surface area contributed by atoms with Crippen molar-refractivity contribution in [2.24, 2.45) is 0 Å². The van der Waals surface area contributed by atoms with E-state index in [1.165, 1.54) is 16.9 Å². The van der Waals surface area contributed by atoms with Crippen LogP contribution in [0.2, 0.25) is 5.02 Å². The molecule has 0 aliphatic carbocycles. The smallest absolute Gasteiger partial charge is 0.356 e. The zero-order chi connectivity index (χ0) is 19.4. The summed E-state index contributed by atoms with van der Waals surface area (Å²) in [6.45, 7) is 2.74. The monoisotopic (exact) mass is 387 g/mol. The first-order chi connectivity index (χ1) is 12.9. The van der Waals surface area contributed by atoms with E-state index in [2.05, 4.69) is 15.5 Å². The number of aromatic carboxylic acids is 1. The summed E-state index contributed by atoms with van der Waals surface area (Å²) in [5.41, 5.74) is 1.87. The molecule has 0 spiro atoms. The predicted octanol–water partition coefficient (Wildman–Crippen LogP) is 2.82. The van der Waals surface area contributed by atoms with E-state index in [1.54, 1.807) is 10.7 Å². The molecule has 27 heavy (non-hydrogen) atoms. The van der Waals surface area contributed by atoms with Gasteiger partial charge in [-0.1, -0.05) is 23.7 Å². The number of halogens is 1. The van der Waals surface area contributed by atoms with Crippen molar-refractivity contribution < 1.29 is 14.7 Å². The largest absolute Gasteiger partial charge is 0.476 e. The molecule has 3 aromatic rings. The van der Waals surface area contributed by atoms with Crippen LogP contribution in [0.5, 0.6) is 0 Å². The Hall–Kier alpha value is -3.13. The third-order valence-corrected chi connectivity index (χ3v) is 4.13. The molecule has 0 aliphatic heterocycles. The number of carboxylic acids is 1. The normalized spacial score (nSPS) is 10.7. The molecule has 0 atom stereocenters. The first kappa shape index (κ1) is 18.7. The Morgan fingerprint density at radius 3 is 2.74 bits per heavy atom. The second-order valence-electron chi connectivity index (χ2n) is 6.03. The van der Waals surface area contributed by atoms with Crippen LogP contribution in [-0.2, 0) is 17.9 Å². The summed E-state index contributed by atoms with van der Waals surface area (Å²) in [4.78, 5) is 22.9. The molecule has 3 rings (SSSR count). The molecule has 0 saturated heterocycles. The van der Waals surface area contributed by atoms with Gasteiger partial charge in [-0.15, -0.1) is 0 Å². The van der Waals surface area contributed by atoms with Crippen LogP contribution in [0.3, 0.4) is 0 Å². The molecule has 0 bridgehead atoms. The van der Waals surface area contributed by atoms with Gasteiger partial charge in [0.2, 0.25) is 5.91 Å². The Morgan fingerprint density at radius 1 is 1.22 bits per heavy atom. The number of amides is 1. The molecule has 0 radical (unpaired) electrons. The standard InChI is InChI=1S/C18H18ClN5O3/c1-12-9-16(22-24(12)11-13-3-2-4-14(19)10-13)20-17(25)6-8-23-7-5-15(21-23)18(26)27/h2-5,7,9-10H,6,8,11H2,1H3,(H,26,27)(H,20,22,25). The molecule has 1 amide bonds. The van der Waals surface area contributed by atoms with Crippen molar-refractivity contribution in [3.63, 3.8) is 0 Å². The number of carbonyl (C=O) groups is 2. The fraction of sp³-hybridized carbons (Fsp3) is 0.222. The van der Waals surface area contributed by atoms with E-state index >= 15 is 0 Å². The predicted molar refractivity (Wildman–Crippen MR) is 100.0 cm³/mol. The van der Waals surface area contributed by atoms with Crippen molar-refractivity contribution >= 4 is 29.3 Å². The molecule has 0 saturated carbocycles. The van der Waals surface area contributed by atoms with Crippen LogP contribution in [0, 0.1) is 6.92 Å². The third-order valence-electron chi connectivity index (χ3n) is 3.90. The van der Waals surface area contributed by atoms with Crippen molar-refractivity contribution in [3.8, 4) is 0 Å². The van der Waals surface area contributed by atoms with E-state index in [4.69, 9.17) is 16.7 Å². The van der Waals surface area contributed by atoms with Gasteiger partial charge in [-0.2, -0.15) is 10.2 Å². The molecule has 2 aromatic heterocycles. The van der Waals surface area contributed by atoms with Crippen molar-refractivity contribution in [2.75, 3.05) is 5.32 Å². The van der Waals surface area contributed by atoms with E-state index in [1.807, 2.05) is 31.2 Å². The number of aromatic nitrogens is 4. The highest BCUT2D eigenvalue weighted by molar-refractivity contribution is 6.30. The highest BCUT2D eigenvalue weighted by atomic mass is 35.5. The third kappa shape index (κ3) is 4.95. The second kappa shape index (κ2) is 8.05. The Balaban J connectivity index is 1.57. The lowest BCUT2D eigenvalue weighted by Gasteiger charge is -2.05. The molecule has 1 aromatic carbocycles. The van der Waals surface area contributed by atoms with E-state index in [0.29, 0.717) is 17.4 Å². The number of rotatable bonds is 7. The van der Waals surface area contributed by atoms with Crippen molar-refractivity contribution in [2.45, 2.75) is 26.4 Å². The highest BCUT2D eigenvalue weighted by Crippen LogP contribution is 2.15. The van der Waals surface area contributed by atoms with Gasteiger partial charge in [-0.25, -0.2) is 4.79 Å². The van der Waals surface area contributed by atoms with Gasteiger partial charge in [0.25, 0.3) is 0 Å². The van der Waals surface area contributed by atoms with E-state index in [0.717, 1.165) is 11.3 Å². The topological polar surface area (TPSA) is 102 Å². The van der Waals surface area contributed by atoms with Crippen LogP contribution in [0.4, 0.5) is 5.82 Å². The Bertz CT molecular complexity index is 979. The van der Waals surface area contributed by atoms with Crippen LogP contribution < -0.4 is 5.32 Å². The number of hydrogen-bond donors (Lipinski definition) is 2. The lowest BCUT2D eigenvalue weighted by atomic mass is 10.2. The van der Waals surface area contributed by atoms with Crippen molar-refractivity contribution in [1.29, 1.82) is 0 Å². The van der Waals surface area contributed by atoms with Crippen LogP contribution in [-0.4, -0.2) is 36.5 Å². The minimum atomic E-state index is -1.10. The Kier molecular flexibility index (Phi) is 5.56. The average molecular weight is 388 g/mol. The van der Waals surface area contributed by atoms with Gasteiger partial charge in [-0.05, 0) is 30.7 Å². The summed E-state index contributed by atoms with van der Waals surface area (Å²) in [7, 11) is 0. The molecular formula is C18H18ClN5O3. The average Bonchev–Trinajstić information content (AvgIpc) is 3.20. The maximum Gasteiger partial charge on any atom is 0.356 e. The highest BCUT2D eigenvalue weighted by Gasteiger charge is 2.11. The summed E-state index contributed by atoms with van der Waals surface area (Å²) in [6, 6.07) is 10.7. The van der Waals surface area contributed by atoms with Gasteiger partial charge >= 0.3 is 5.97 Å². The zero-order valence-corrected chi connectivity index (χ0v) is 15.3. The molecule has 0 aliphatic rings. The number of anilines is 1. The van der Waals surface area contributed by atoms with Gasteiger partial charge < -0.3 is 10.4 Å². The molecular weight excluding hydrogens is 370 g/mol. The molecule has 2 heterocycles. The summed E-state index contributed by atoms with van der Waals surface area (Å²) in [6.07, 6.45) is 1.68. The summed E-state index contributed by atoms with van der Waals surface area (Å²) >= 11 is 6.00. The summed E-state index contributed by atoms with van der Waals surface area (Å²) < 4.78 is 3.21. The maximum atomic E-state index is 12.1. The maximum absolute atomic E-state index is 12.1. The van der Waals surface area contributed by atoms with Crippen LogP contribution in [0.25, 0.3) is 0 Å². The Morgan fingerprint density at radius 2 is 2.04 bits per heavy atom. The molecule has 9 heteroatoms. The summed E-state index contributed by atoms with van der Waals surface area (Å²) in [5.74, 6) is -0.861.